The lowest BCUT2D eigenvalue weighted by atomic mass is 10.2. The quantitative estimate of drug-likeness (QED) is 0.397. The molecule has 0 unspecified atom stereocenters. The SMILES string of the molecule is C[C@@H]1CCCN1Cc1sc(NC(=O)c2cnc(N3CCN(CC(=O)O)CC3)cn2)nc1-c1cc(C(F)(F)F)cs1. The number of likely N-dealkylation sites (tertiary alicyclic amines) is 1. The molecule has 15 heteroatoms. The van der Waals surface area contributed by atoms with Crippen molar-refractivity contribution in [1.29, 1.82) is 0 Å². The number of alkyl halides is 3. The van der Waals surface area contributed by atoms with Gasteiger partial charge in [0.15, 0.2) is 5.13 Å². The molecule has 1 atom stereocenters. The number of hydrogen-bond acceptors (Lipinski definition) is 10. The molecule has 5 heterocycles. The number of nitrogens with one attached hydrogen (secondary N) is 1. The van der Waals surface area contributed by atoms with Crippen LogP contribution in [-0.4, -0.2) is 87.0 Å². The highest BCUT2D eigenvalue weighted by Gasteiger charge is 2.33. The van der Waals surface area contributed by atoms with Crippen molar-refractivity contribution in [2.24, 2.45) is 0 Å². The molecule has 2 aliphatic rings. The Kier molecular flexibility index (Phi) is 8.35. The van der Waals surface area contributed by atoms with Crippen LogP contribution in [0.5, 0.6) is 0 Å². The van der Waals surface area contributed by atoms with E-state index in [0.29, 0.717) is 55.2 Å². The number of hydrogen-bond donors (Lipinski definition) is 2. The monoisotopic (exact) mass is 595 g/mol. The predicted octanol–water partition coefficient (Wildman–Crippen LogP) is 4.12. The number of rotatable bonds is 8. The van der Waals surface area contributed by atoms with Crippen LogP contribution in [0.4, 0.5) is 24.1 Å². The van der Waals surface area contributed by atoms with E-state index in [4.69, 9.17) is 5.11 Å². The zero-order chi connectivity index (χ0) is 28.4. The van der Waals surface area contributed by atoms with Gasteiger partial charge in [0, 0.05) is 49.0 Å². The highest BCUT2D eigenvalue weighted by Crippen LogP contribution is 2.40. The van der Waals surface area contributed by atoms with Crippen LogP contribution in [0.1, 0.15) is 40.7 Å². The van der Waals surface area contributed by atoms with E-state index >= 15 is 0 Å². The van der Waals surface area contributed by atoms with Gasteiger partial charge in [-0.2, -0.15) is 13.2 Å². The van der Waals surface area contributed by atoms with Crippen molar-refractivity contribution in [2.45, 2.75) is 38.5 Å². The van der Waals surface area contributed by atoms with E-state index in [2.05, 4.69) is 32.1 Å². The fourth-order valence-electron chi connectivity index (χ4n) is 4.82. The van der Waals surface area contributed by atoms with Crippen LogP contribution in [0.15, 0.2) is 23.8 Å². The number of thiazole rings is 1. The van der Waals surface area contributed by atoms with Gasteiger partial charge in [-0.3, -0.25) is 24.7 Å². The molecule has 214 valence electrons. The van der Waals surface area contributed by atoms with Gasteiger partial charge in [-0.15, -0.1) is 11.3 Å². The molecule has 2 N–H and O–H groups in total. The Bertz CT molecular complexity index is 1350. The maximum absolute atomic E-state index is 13.3. The lowest BCUT2D eigenvalue weighted by Crippen LogP contribution is -2.48. The van der Waals surface area contributed by atoms with Crippen molar-refractivity contribution in [3.05, 3.63) is 40.0 Å². The minimum atomic E-state index is -4.44. The molecule has 0 radical (unpaired) electrons. The second kappa shape index (κ2) is 11.8. The maximum Gasteiger partial charge on any atom is 0.417 e. The lowest BCUT2D eigenvalue weighted by Gasteiger charge is -2.34. The molecule has 2 fully saturated rings. The van der Waals surface area contributed by atoms with Crippen molar-refractivity contribution in [3.63, 3.8) is 0 Å². The molecular formula is C25H28F3N7O3S2. The summed E-state index contributed by atoms with van der Waals surface area (Å²) in [5, 5.41) is 13.1. The number of carbonyl (C=O) groups is 2. The van der Waals surface area contributed by atoms with E-state index in [-0.39, 0.29) is 17.4 Å². The Morgan fingerprint density at radius 3 is 2.52 bits per heavy atom. The summed E-state index contributed by atoms with van der Waals surface area (Å²) >= 11 is 2.23. The summed E-state index contributed by atoms with van der Waals surface area (Å²) in [6.45, 7) is 5.89. The molecule has 5 rings (SSSR count). The molecule has 0 bridgehead atoms. The summed E-state index contributed by atoms with van der Waals surface area (Å²) in [4.78, 5) is 44.3. The Hall–Kier alpha value is -3.14. The number of thiophene rings is 1. The van der Waals surface area contributed by atoms with Crippen LogP contribution < -0.4 is 10.2 Å². The fraction of sp³-hybridized carbons (Fsp3) is 0.480. The minimum absolute atomic E-state index is 0.00809. The third-order valence-electron chi connectivity index (χ3n) is 7.04. The third-order valence-corrected chi connectivity index (χ3v) is 8.93. The second-order valence-corrected chi connectivity index (χ2v) is 11.8. The van der Waals surface area contributed by atoms with Gasteiger partial charge < -0.3 is 10.0 Å². The Morgan fingerprint density at radius 1 is 1.15 bits per heavy atom. The first-order valence-electron chi connectivity index (χ1n) is 12.8. The van der Waals surface area contributed by atoms with Crippen molar-refractivity contribution in [3.8, 4) is 10.6 Å². The first kappa shape index (κ1) is 28.4. The van der Waals surface area contributed by atoms with E-state index in [9.17, 15) is 22.8 Å². The number of carboxylic acid groups (broad SMARTS) is 1. The largest absolute Gasteiger partial charge is 0.480 e. The zero-order valence-electron chi connectivity index (χ0n) is 21.6. The van der Waals surface area contributed by atoms with Crippen LogP contribution in [0, 0.1) is 0 Å². The Labute approximate surface area is 236 Å². The fourth-order valence-corrected chi connectivity index (χ4v) is 6.81. The summed E-state index contributed by atoms with van der Waals surface area (Å²) in [6, 6.07) is 1.46. The molecule has 0 aliphatic carbocycles. The number of aliphatic carboxylic acids is 1. The van der Waals surface area contributed by atoms with Gasteiger partial charge in [-0.1, -0.05) is 11.3 Å². The highest BCUT2D eigenvalue weighted by atomic mass is 32.1. The number of carbonyl (C=O) groups excluding carboxylic acids is 1. The van der Waals surface area contributed by atoms with Crippen molar-refractivity contribution < 1.29 is 27.9 Å². The number of piperazine rings is 1. The summed E-state index contributed by atoms with van der Waals surface area (Å²) in [7, 11) is 0. The third kappa shape index (κ3) is 6.59. The summed E-state index contributed by atoms with van der Waals surface area (Å²) in [6.07, 6.45) is 0.539. The van der Waals surface area contributed by atoms with E-state index in [1.165, 1.54) is 23.7 Å². The minimum Gasteiger partial charge on any atom is -0.480 e. The van der Waals surface area contributed by atoms with Crippen molar-refractivity contribution in [1.82, 2.24) is 24.8 Å². The molecule has 10 nitrogen and oxygen atoms in total. The summed E-state index contributed by atoms with van der Waals surface area (Å²) in [5.41, 5.74) is -0.191. The normalized spacial score (nSPS) is 18.8. The average Bonchev–Trinajstić information content (AvgIpc) is 3.65. The lowest BCUT2D eigenvalue weighted by molar-refractivity contribution is -0.138. The van der Waals surface area contributed by atoms with Gasteiger partial charge in [0.1, 0.15) is 11.5 Å². The predicted molar refractivity (Wildman–Crippen MR) is 146 cm³/mol. The average molecular weight is 596 g/mol. The number of anilines is 2. The zero-order valence-corrected chi connectivity index (χ0v) is 23.3. The number of halogens is 3. The molecule has 0 aromatic carbocycles. The van der Waals surface area contributed by atoms with Gasteiger partial charge in [-0.05, 0) is 32.4 Å². The Balaban J connectivity index is 1.29. The summed E-state index contributed by atoms with van der Waals surface area (Å²) in [5.74, 6) is -0.799. The van der Waals surface area contributed by atoms with Crippen LogP contribution in [0.25, 0.3) is 10.6 Å². The van der Waals surface area contributed by atoms with Gasteiger partial charge in [0.25, 0.3) is 5.91 Å². The molecule has 0 saturated carbocycles. The highest BCUT2D eigenvalue weighted by molar-refractivity contribution is 7.17. The maximum atomic E-state index is 13.3. The van der Waals surface area contributed by atoms with E-state index in [0.717, 1.165) is 47.0 Å². The molecular weight excluding hydrogens is 567 g/mol. The standard InChI is InChI=1S/C25H28F3N7O3S2/c1-15-3-2-4-35(15)12-19-22(18-9-16(14-39-18)25(26,27)28)31-24(40-19)32-23(38)17-10-30-20(11-29-17)34-7-5-33(6-8-34)13-21(36)37/h9-11,14-15H,2-8,12-13H2,1H3,(H,36,37)(H,31,32,38)/t15-/m1/s1. The number of nitrogens with zero attached hydrogens (tertiary/aromatic N) is 6. The van der Waals surface area contributed by atoms with E-state index in [1.807, 2.05) is 9.80 Å². The molecule has 1 amide bonds. The van der Waals surface area contributed by atoms with Gasteiger partial charge >= 0.3 is 12.1 Å². The van der Waals surface area contributed by atoms with Crippen molar-refractivity contribution >= 4 is 45.5 Å². The Morgan fingerprint density at radius 2 is 1.93 bits per heavy atom. The smallest absolute Gasteiger partial charge is 0.417 e. The van der Waals surface area contributed by atoms with Crippen LogP contribution in [0.2, 0.25) is 0 Å². The molecule has 2 aliphatic heterocycles. The van der Waals surface area contributed by atoms with E-state index < -0.39 is 23.6 Å². The first-order chi connectivity index (χ1) is 19.1. The topological polar surface area (TPSA) is 115 Å². The number of aromatic nitrogens is 3. The molecule has 40 heavy (non-hydrogen) atoms. The molecule has 2 saturated heterocycles. The van der Waals surface area contributed by atoms with Gasteiger partial charge in [0.2, 0.25) is 0 Å². The van der Waals surface area contributed by atoms with Gasteiger partial charge in [-0.25, -0.2) is 15.0 Å². The molecule has 3 aromatic heterocycles. The van der Waals surface area contributed by atoms with Crippen LogP contribution in [-0.2, 0) is 17.5 Å². The van der Waals surface area contributed by atoms with E-state index in [1.54, 1.807) is 0 Å². The molecule has 0 spiro atoms. The van der Waals surface area contributed by atoms with Crippen LogP contribution in [0.3, 0.4) is 0 Å². The number of carboxylic acids is 1. The summed E-state index contributed by atoms with van der Waals surface area (Å²) < 4.78 is 39.8. The van der Waals surface area contributed by atoms with Crippen LogP contribution >= 0.6 is 22.7 Å². The molecule has 3 aromatic rings. The second-order valence-electron chi connectivity index (χ2n) is 9.82. The van der Waals surface area contributed by atoms with Gasteiger partial charge in [0.05, 0.1) is 35.1 Å². The van der Waals surface area contributed by atoms with Crippen molar-refractivity contribution in [2.75, 3.05) is 49.5 Å². The number of amides is 1. The first-order valence-corrected chi connectivity index (χ1v) is 14.5.